The van der Waals surface area contributed by atoms with Gasteiger partial charge in [-0.2, -0.15) is 18.4 Å². The molecule has 20 heavy (non-hydrogen) atoms. The van der Waals surface area contributed by atoms with Crippen molar-refractivity contribution >= 4 is 11.7 Å². The summed E-state index contributed by atoms with van der Waals surface area (Å²) in [5.74, 6) is -2.15. The van der Waals surface area contributed by atoms with Crippen molar-refractivity contribution in [3.63, 3.8) is 0 Å². The number of benzene rings is 1. The predicted molar refractivity (Wildman–Crippen MR) is 59.8 cm³/mol. The predicted octanol–water partition coefficient (Wildman–Crippen LogP) is 2.07. The Labute approximate surface area is 110 Å². The molecule has 1 unspecified atom stereocenters. The molecule has 0 saturated carbocycles. The number of nitriles is 1. The van der Waals surface area contributed by atoms with Gasteiger partial charge in [0.05, 0.1) is 23.8 Å². The lowest BCUT2D eigenvalue weighted by Crippen LogP contribution is -2.52. The first kappa shape index (κ1) is 13.9. The number of aliphatic carboxylic acids is 1. The molecule has 8 heteroatoms. The van der Waals surface area contributed by atoms with E-state index in [4.69, 9.17) is 10.4 Å². The van der Waals surface area contributed by atoms with Crippen LogP contribution in [0.5, 0.6) is 0 Å². The molecule has 1 N–H and O–H groups in total. The van der Waals surface area contributed by atoms with Gasteiger partial charge < -0.3 is 9.94 Å². The summed E-state index contributed by atoms with van der Waals surface area (Å²) in [5, 5.41) is 20.8. The van der Waals surface area contributed by atoms with Crippen molar-refractivity contribution in [1.82, 2.24) is 0 Å². The first-order valence-electron chi connectivity index (χ1n) is 5.36. The summed E-state index contributed by atoms with van der Waals surface area (Å²) in [6.45, 7) is 0. The summed E-state index contributed by atoms with van der Waals surface area (Å²) in [6, 6.07) is 7.50. The topological polar surface area (TPSA) is 82.7 Å². The highest BCUT2D eigenvalue weighted by atomic mass is 19.4. The Morgan fingerprint density at radius 3 is 2.70 bits per heavy atom. The van der Waals surface area contributed by atoms with Crippen LogP contribution in [0.3, 0.4) is 0 Å². The Morgan fingerprint density at radius 1 is 1.50 bits per heavy atom. The molecule has 0 spiro atoms. The van der Waals surface area contributed by atoms with Crippen LogP contribution >= 0.6 is 0 Å². The van der Waals surface area contributed by atoms with E-state index in [9.17, 15) is 18.0 Å². The van der Waals surface area contributed by atoms with Crippen LogP contribution in [0.2, 0.25) is 0 Å². The molecule has 0 bridgehead atoms. The average Bonchev–Trinajstić information content (AvgIpc) is 2.85. The van der Waals surface area contributed by atoms with Gasteiger partial charge in [0.25, 0.3) is 0 Å². The van der Waals surface area contributed by atoms with E-state index in [0.717, 1.165) is 0 Å². The van der Waals surface area contributed by atoms with Gasteiger partial charge in [-0.15, -0.1) is 0 Å². The van der Waals surface area contributed by atoms with Crippen LogP contribution in [0, 0.1) is 11.3 Å². The number of hydrogen-bond acceptors (Lipinski definition) is 4. The van der Waals surface area contributed by atoms with Crippen LogP contribution in [-0.4, -0.2) is 28.6 Å². The minimum Gasteiger partial charge on any atom is -0.478 e. The third-order valence-corrected chi connectivity index (χ3v) is 2.86. The number of carboxylic acids is 1. The van der Waals surface area contributed by atoms with E-state index in [0.29, 0.717) is 0 Å². The highest BCUT2D eigenvalue weighted by molar-refractivity contribution is 6.05. The zero-order chi connectivity index (χ0) is 15.0. The molecule has 0 radical (unpaired) electrons. The quantitative estimate of drug-likeness (QED) is 0.901. The van der Waals surface area contributed by atoms with Crippen molar-refractivity contribution in [1.29, 1.82) is 5.26 Å². The number of oxime groups is 1. The van der Waals surface area contributed by atoms with Crippen molar-refractivity contribution in [2.75, 3.05) is 0 Å². The van der Waals surface area contributed by atoms with E-state index >= 15 is 0 Å². The Bertz CT molecular complexity index is 634. The van der Waals surface area contributed by atoms with Crippen LogP contribution in [0.4, 0.5) is 13.2 Å². The molecule has 0 saturated heterocycles. The number of halogens is 3. The lowest BCUT2D eigenvalue weighted by molar-refractivity contribution is -0.267. The second kappa shape index (κ2) is 4.52. The van der Waals surface area contributed by atoms with Crippen LogP contribution in [0.1, 0.15) is 17.5 Å². The molecule has 104 valence electrons. The van der Waals surface area contributed by atoms with Gasteiger partial charge in [-0.25, -0.2) is 4.79 Å². The van der Waals surface area contributed by atoms with E-state index in [1.54, 1.807) is 0 Å². The highest BCUT2D eigenvalue weighted by Gasteiger charge is 2.67. The van der Waals surface area contributed by atoms with Gasteiger partial charge in [0, 0.05) is 5.56 Å². The minimum atomic E-state index is -5.10. The Hall–Kier alpha value is -2.56. The van der Waals surface area contributed by atoms with Gasteiger partial charge >= 0.3 is 17.7 Å². The van der Waals surface area contributed by atoms with E-state index < -0.39 is 24.2 Å². The molecule has 0 aliphatic carbocycles. The van der Waals surface area contributed by atoms with E-state index in [-0.39, 0.29) is 16.8 Å². The Balaban J connectivity index is 2.36. The molecule has 5 nitrogen and oxygen atoms in total. The minimum absolute atomic E-state index is 0.165. The Morgan fingerprint density at radius 2 is 2.20 bits per heavy atom. The van der Waals surface area contributed by atoms with Crippen LogP contribution in [0.15, 0.2) is 29.4 Å². The van der Waals surface area contributed by atoms with E-state index in [2.05, 4.69) is 9.99 Å². The van der Waals surface area contributed by atoms with Crippen molar-refractivity contribution in [2.45, 2.75) is 18.2 Å². The number of carboxylic acid groups (broad SMARTS) is 1. The summed E-state index contributed by atoms with van der Waals surface area (Å²) in [5.41, 5.74) is -3.09. The number of carbonyl (C=O) groups is 1. The standard InChI is InChI=1S/C12H7F3N2O3/c13-12(14,15)11(10(18)19)5-9(17-20-11)8-3-1-2-7(4-8)6-16/h1-4H,5H2,(H,18,19). The zero-order valence-corrected chi connectivity index (χ0v) is 9.81. The molecule has 0 aromatic heterocycles. The lowest BCUT2D eigenvalue weighted by atomic mass is 9.93. The maximum atomic E-state index is 12.9. The molecular formula is C12H7F3N2O3. The van der Waals surface area contributed by atoms with Gasteiger partial charge in [0.1, 0.15) is 0 Å². The Kier molecular flexibility index (Phi) is 3.13. The number of nitrogens with zero attached hydrogens (tertiary/aromatic N) is 2. The summed E-state index contributed by atoms with van der Waals surface area (Å²) in [4.78, 5) is 15.1. The summed E-state index contributed by atoms with van der Waals surface area (Å²) in [7, 11) is 0. The summed E-state index contributed by atoms with van der Waals surface area (Å²) >= 11 is 0. The molecular weight excluding hydrogens is 277 g/mol. The van der Waals surface area contributed by atoms with Gasteiger partial charge in [0.2, 0.25) is 0 Å². The molecule has 1 heterocycles. The molecule has 1 aliphatic rings. The molecule has 2 rings (SSSR count). The molecule has 1 aliphatic heterocycles. The molecule has 0 fully saturated rings. The first-order valence-corrected chi connectivity index (χ1v) is 5.36. The van der Waals surface area contributed by atoms with E-state index in [1.165, 1.54) is 24.3 Å². The van der Waals surface area contributed by atoms with Gasteiger partial charge in [0.15, 0.2) is 0 Å². The average molecular weight is 284 g/mol. The second-order valence-corrected chi connectivity index (χ2v) is 4.13. The zero-order valence-electron chi connectivity index (χ0n) is 9.81. The number of rotatable bonds is 2. The molecule has 1 atom stereocenters. The van der Waals surface area contributed by atoms with Crippen LogP contribution < -0.4 is 0 Å². The highest BCUT2D eigenvalue weighted by Crippen LogP contribution is 2.41. The lowest BCUT2D eigenvalue weighted by Gasteiger charge is -2.24. The second-order valence-electron chi connectivity index (χ2n) is 4.13. The smallest absolute Gasteiger partial charge is 0.442 e. The largest absolute Gasteiger partial charge is 0.478 e. The van der Waals surface area contributed by atoms with Crippen LogP contribution in [-0.2, 0) is 9.63 Å². The fourth-order valence-corrected chi connectivity index (χ4v) is 1.74. The van der Waals surface area contributed by atoms with Crippen LogP contribution in [0.25, 0.3) is 0 Å². The monoisotopic (exact) mass is 284 g/mol. The van der Waals surface area contributed by atoms with Gasteiger partial charge in [-0.1, -0.05) is 17.3 Å². The van der Waals surface area contributed by atoms with Crippen molar-refractivity contribution in [3.8, 4) is 6.07 Å². The fraction of sp³-hybridized carbons (Fsp3) is 0.250. The summed E-state index contributed by atoms with van der Waals surface area (Å²) < 4.78 is 38.6. The molecule has 0 amide bonds. The molecule has 1 aromatic carbocycles. The maximum Gasteiger partial charge on any atom is 0.442 e. The first-order chi connectivity index (χ1) is 9.30. The SMILES string of the molecule is N#Cc1cccc(C2=NOC(C(=O)O)(C(F)(F)F)C2)c1. The van der Waals surface area contributed by atoms with Crippen molar-refractivity contribution in [3.05, 3.63) is 35.4 Å². The fourth-order valence-electron chi connectivity index (χ4n) is 1.74. The van der Waals surface area contributed by atoms with Crippen molar-refractivity contribution in [2.24, 2.45) is 5.16 Å². The third-order valence-electron chi connectivity index (χ3n) is 2.86. The molecule has 1 aromatic rings. The van der Waals surface area contributed by atoms with Gasteiger partial charge in [-0.05, 0) is 12.1 Å². The van der Waals surface area contributed by atoms with Gasteiger partial charge in [-0.3, -0.25) is 0 Å². The van der Waals surface area contributed by atoms with Crippen molar-refractivity contribution < 1.29 is 27.9 Å². The third kappa shape index (κ3) is 2.07. The summed E-state index contributed by atoms with van der Waals surface area (Å²) in [6.07, 6.45) is -6.04. The normalized spacial score (nSPS) is 21.8. The number of hydrogen-bond donors (Lipinski definition) is 1. The van der Waals surface area contributed by atoms with E-state index in [1.807, 2.05) is 6.07 Å². The maximum absolute atomic E-state index is 12.9. The number of alkyl halides is 3.